The molecule has 0 aromatic carbocycles. The topological polar surface area (TPSA) is 90.0 Å². The number of aromatic nitrogens is 4. The molecule has 2 fully saturated rings. The third-order valence-corrected chi connectivity index (χ3v) is 15.9. The van der Waals surface area contributed by atoms with Crippen LogP contribution in [0.2, 0.25) is 0 Å². The second-order valence-corrected chi connectivity index (χ2v) is 26.6. The molecule has 88 heavy (non-hydrogen) atoms. The van der Waals surface area contributed by atoms with Crippen LogP contribution in [0.1, 0.15) is 203 Å². The van der Waals surface area contributed by atoms with Gasteiger partial charge in [0.25, 0.3) is 0 Å². The summed E-state index contributed by atoms with van der Waals surface area (Å²) < 4.78 is 6.39. The van der Waals surface area contributed by atoms with Gasteiger partial charge in [0.15, 0.2) is 0 Å². The SMILES string of the molecule is CC(C)N1C=CCC1.CC(C)N1C=CCC1.CC(C)N1C=CCC1.CC(C)N1C=CNC1.CC(C)N1C=NCC1.CC(C)N1CC=CC1.CC(C)N1CCCC1.CC(C)N1CCNC1.CC(C)n1cccc1.CC(C)n1cccc1.CC(C)n1ccnc1. The maximum atomic E-state index is 4.09. The van der Waals surface area contributed by atoms with Crippen molar-refractivity contribution < 1.29 is 0 Å². The van der Waals surface area contributed by atoms with E-state index in [0.29, 0.717) is 60.4 Å². The van der Waals surface area contributed by atoms with E-state index in [1.165, 1.54) is 71.4 Å². The quantitative estimate of drug-likeness (QED) is 0.180. The molecule has 0 unspecified atom stereocenters. The van der Waals surface area contributed by atoms with Crippen molar-refractivity contribution in [2.75, 3.05) is 85.3 Å². The highest BCUT2D eigenvalue weighted by Crippen LogP contribution is 2.12. The van der Waals surface area contributed by atoms with Crippen LogP contribution in [0.4, 0.5) is 0 Å². The molecule has 0 bridgehead atoms. The zero-order chi connectivity index (χ0) is 65.8. The second-order valence-electron chi connectivity index (χ2n) is 26.6. The van der Waals surface area contributed by atoms with Crippen molar-refractivity contribution in [1.29, 1.82) is 0 Å². The molecular formula is C73H137N15. The van der Waals surface area contributed by atoms with Gasteiger partial charge in [0.2, 0.25) is 0 Å². The molecule has 0 aliphatic carbocycles. The van der Waals surface area contributed by atoms with Gasteiger partial charge in [0.05, 0.1) is 25.9 Å². The molecule has 0 amide bonds. The fourth-order valence-corrected chi connectivity index (χ4v) is 9.41. The summed E-state index contributed by atoms with van der Waals surface area (Å²) in [6.07, 6.45) is 44.1. The van der Waals surface area contributed by atoms with Gasteiger partial charge in [-0.25, -0.2) is 4.98 Å². The van der Waals surface area contributed by atoms with Gasteiger partial charge < -0.3 is 53.7 Å². The lowest BCUT2D eigenvalue weighted by Gasteiger charge is -2.19. The van der Waals surface area contributed by atoms with Gasteiger partial charge >= 0.3 is 0 Å². The number of rotatable bonds is 11. The van der Waals surface area contributed by atoms with Gasteiger partial charge in [-0.15, -0.1) is 0 Å². The lowest BCUT2D eigenvalue weighted by Crippen LogP contribution is -2.29. The summed E-state index contributed by atoms with van der Waals surface area (Å²) in [6.45, 7) is 63.5. The Labute approximate surface area is 542 Å². The molecule has 0 radical (unpaired) electrons. The zero-order valence-corrected chi connectivity index (χ0v) is 60.6. The first-order valence-corrected chi connectivity index (χ1v) is 34.3. The van der Waals surface area contributed by atoms with E-state index in [1.807, 2.05) is 49.3 Å². The first-order valence-electron chi connectivity index (χ1n) is 34.3. The number of imidazole rings is 1. The van der Waals surface area contributed by atoms with Crippen molar-refractivity contribution in [2.24, 2.45) is 4.99 Å². The van der Waals surface area contributed by atoms with Crippen LogP contribution in [0.5, 0.6) is 0 Å². The van der Waals surface area contributed by atoms with Gasteiger partial charge in [-0.1, -0.05) is 30.4 Å². The number of nitrogens with zero attached hydrogens (tertiary/aromatic N) is 13. The van der Waals surface area contributed by atoms with E-state index >= 15 is 0 Å². The lowest BCUT2D eigenvalue weighted by molar-refractivity contribution is 0.273. The Balaban J connectivity index is 0.000000484. The number of hydrogen-bond donors (Lipinski definition) is 2. The predicted molar refractivity (Wildman–Crippen MR) is 385 cm³/mol. The summed E-state index contributed by atoms with van der Waals surface area (Å²) in [5.74, 6) is 0. The van der Waals surface area contributed by atoms with Crippen LogP contribution < -0.4 is 10.6 Å². The largest absolute Gasteiger partial charge is 0.375 e. The third kappa shape index (κ3) is 38.4. The van der Waals surface area contributed by atoms with E-state index in [0.717, 1.165) is 52.1 Å². The van der Waals surface area contributed by atoms with Crippen LogP contribution in [0.25, 0.3) is 0 Å². The summed E-state index contributed by atoms with van der Waals surface area (Å²) >= 11 is 0. The molecule has 8 aliphatic rings. The van der Waals surface area contributed by atoms with Crippen LogP contribution in [0.3, 0.4) is 0 Å². The van der Waals surface area contributed by atoms with Crippen molar-refractivity contribution in [3.05, 3.63) is 129 Å². The Morgan fingerprint density at radius 2 is 0.773 bits per heavy atom. The molecule has 3 aromatic heterocycles. The molecule has 11 rings (SSSR count). The third-order valence-electron chi connectivity index (χ3n) is 15.9. The minimum absolute atomic E-state index is 0.539. The van der Waals surface area contributed by atoms with E-state index in [4.69, 9.17) is 0 Å². The van der Waals surface area contributed by atoms with Crippen LogP contribution >= 0.6 is 0 Å². The number of aliphatic imine (C=N–C) groups is 1. The van der Waals surface area contributed by atoms with Gasteiger partial charge in [0.1, 0.15) is 0 Å². The highest BCUT2D eigenvalue weighted by atomic mass is 15.3. The summed E-state index contributed by atoms with van der Waals surface area (Å²) in [5, 5.41) is 6.38. The molecule has 0 atom stereocenters. The Hall–Kier alpha value is -5.22. The van der Waals surface area contributed by atoms with Gasteiger partial charge in [-0.2, -0.15) is 0 Å². The van der Waals surface area contributed by atoms with Crippen LogP contribution in [0.15, 0.2) is 134 Å². The summed E-state index contributed by atoms with van der Waals surface area (Å²) in [4.78, 5) is 26.9. The summed E-state index contributed by atoms with van der Waals surface area (Å²) in [6, 6.07) is 15.4. The highest BCUT2D eigenvalue weighted by Gasteiger charge is 2.15. The van der Waals surface area contributed by atoms with Crippen LogP contribution in [-0.2, 0) is 0 Å². The molecular weight excluding hydrogens is 1090 g/mol. The smallest absolute Gasteiger partial charge is 0.0948 e. The predicted octanol–water partition coefficient (Wildman–Crippen LogP) is 14.9. The van der Waals surface area contributed by atoms with Crippen molar-refractivity contribution in [1.82, 2.24) is 68.5 Å². The first-order chi connectivity index (χ1) is 41.8. The molecule has 3 aromatic rings. The summed E-state index contributed by atoms with van der Waals surface area (Å²) in [7, 11) is 0. The maximum absolute atomic E-state index is 4.09. The Morgan fingerprint density at radius 3 is 0.955 bits per heavy atom. The minimum Gasteiger partial charge on any atom is -0.375 e. The van der Waals surface area contributed by atoms with E-state index in [9.17, 15) is 0 Å². The minimum atomic E-state index is 0.539. The number of nitrogens with one attached hydrogen (secondary N) is 2. The van der Waals surface area contributed by atoms with E-state index < -0.39 is 0 Å². The van der Waals surface area contributed by atoms with Gasteiger partial charge in [-0.3, -0.25) is 14.8 Å². The molecule has 11 heterocycles. The van der Waals surface area contributed by atoms with Crippen LogP contribution in [0, 0.1) is 0 Å². The zero-order valence-electron chi connectivity index (χ0n) is 60.6. The standard InChI is InChI=1S/C7H15N.4C7H13N.2C7H11N.C6H14N2.2C6H12N2.C6H10N2/c7*1-7(2)8-5-3-4-6-8;4*1-6(2)8-4-3-7-5-8/h7H,3-6H2,1-2H3;3*3,5,7H,4,6H2,1-2H3;3-4,7H,5-6H2,1-2H3;2*3-7H,1-2H3;6-7H,3-5H2,1-2H3;5-6H,3-4H2,1-2H3;3-4,6-7H,5H2,1-2H3;3-6H,1-2H3. The fourth-order valence-electron chi connectivity index (χ4n) is 9.41. The summed E-state index contributed by atoms with van der Waals surface area (Å²) in [5.41, 5.74) is 0. The second kappa shape index (κ2) is 48.6. The fraction of sp³-hybridized carbons (Fsp3) is 0.699. The lowest BCUT2D eigenvalue weighted by atomic mass is 10.3. The first kappa shape index (κ1) is 80.8. The Kier molecular flexibility index (Phi) is 44.6. The van der Waals surface area contributed by atoms with E-state index in [-0.39, 0.29) is 0 Å². The van der Waals surface area contributed by atoms with Crippen LogP contribution in [-0.4, -0.2) is 198 Å². The normalized spacial score (nSPS) is 17.3. The van der Waals surface area contributed by atoms with Crippen molar-refractivity contribution in [2.45, 2.75) is 251 Å². The molecule has 2 saturated heterocycles. The van der Waals surface area contributed by atoms with Crippen molar-refractivity contribution >= 4 is 6.34 Å². The highest BCUT2D eigenvalue weighted by molar-refractivity contribution is 5.57. The maximum Gasteiger partial charge on any atom is 0.0948 e. The van der Waals surface area contributed by atoms with E-state index in [1.54, 1.807) is 6.20 Å². The Bertz CT molecular complexity index is 1910. The van der Waals surface area contributed by atoms with Crippen molar-refractivity contribution in [3.8, 4) is 0 Å². The molecule has 0 saturated carbocycles. The van der Waals surface area contributed by atoms with Gasteiger partial charge in [0, 0.05) is 175 Å². The Morgan fingerprint density at radius 1 is 0.352 bits per heavy atom. The molecule has 2 N–H and O–H groups in total. The van der Waals surface area contributed by atoms with Crippen molar-refractivity contribution in [3.63, 3.8) is 0 Å². The molecule has 504 valence electrons. The molecule has 0 spiro atoms. The van der Waals surface area contributed by atoms with Gasteiger partial charge in [-0.05, 0) is 240 Å². The number of likely N-dealkylation sites (tertiary alicyclic amines) is 1. The monoisotopic (exact) mass is 1220 g/mol. The molecule has 15 heteroatoms. The average molecular weight is 1230 g/mol. The average Bonchev–Trinajstić information content (AvgIpc) is 4.34. The molecule has 8 aliphatic heterocycles. The number of hydrogen-bond acceptors (Lipinski definition) is 12. The van der Waals surface area contributed by atoms with E-state index in [2.05, 4.69) is 306 Å². The molecule has 15 nitrogen and oxygen atoms in total.